The molecule has 0 atom stereocenters. The SMILES string of the molecule is CCCCc1cn(CCC(C)C)c(=O)n1Cc1ccc(-c2cnccc2-c2nn[nH]n2)cc1. The molecule has 0 saturated heterocycles. The van der Waals surface area contributed by atoms with Crippen molar-refractivity contribution in [2.24, 2.45) is 5.92 Å². The number of nitrogens with one attached hydrogen (secondary N) is 1. The first-order valence-electron chi connectivity index (χ1n) is 11.6. The summed E-state index contributed by atoms with van der Waals surface area (Å²) in [7, 11) is 0. The molecule has 0 amide bonds. The minimum atomic E-state index is 0.0810. The number of nitrogens with zero attached hydrogens (tertiary/aromatic N) is 6. The molecule has 0 fully saturated rings. The second-order valence-electron chi connectivity index (χ2n) is 8.82. The van der Waals surface area contributed by atoms with E-state index in [2.05, 4.69) is 76.8 Å². The molecule has 0 aliphatic carbocycles. The quantitative estimate of drug-likeness (QED) is 0.392. The Labute approximate surface area is 193 Å². The van der Waals surface area contributed by atoms with Crippen molar-refractivity contribution in [3.05, 3.63) is 70.7 Å². The maximum atomic E-state index is 13.1. The van der Waals surface area contributed by atoms with Crippen molar-refractivity contribution < 1.29 is 0 Å². The molecule has 1 N–H and O–H groups in total. The van der Waals surface area contributed by atoms with Crippen LogP contribution in [0.5, 0.6) is 0 Å². The van der Waals surface area contributed by atoms with Crippen molar-refractivity contribution in [3.63, 3.8) is 0 Å². The molecule has 3 aromatic heterocycles. The van der Waals surface area contributed by atoms with E-state index in [0.717, 1.165) is 60.2 Å². The fraction of sp³-hybridized carbons (Fsp3) is 0.400. The molecule has 172 valence electrons. The molecule has 33 heavy (non-hydrogen) atoms. The summed E-state index contributed by atoms with van der Waals surface area (Å²) in [4.78, 5) is 17.4. The number of benzene rings is 1. The van der Waals surface area contributed by atoms with Gasteiger partial charge in [-0.05, 0) is 47.6 Å². The van der Waals surface area contributed by atoms with Crippen LogP contribution in [0.3, 0.4) is 0 Å². The van der Waals surface area contributed by atoms with E-state index in [-0.39, 0.29) is 5.69 Å². The Bertz CT molecular complexity index is 1220. The predicted molar refractivity (Wildman–Crippen MR) is 129 cm³/mol. The number of aryl methyl sites for hydroxylation is 2. The Hall–Kier alpha value is -3.55. The Morgan fingerprint density at radius 3 is 2.61 bits per heavy atom. The van der Waals surface area contributed by atoms with E-state index >= 15 is 0 Å². The molecule has 8 heteroatoms. The first kappa shape index (κ1) is 22.6. The van der Waals surface area contributed by atoms with Crippen molar-refractivity contribution in [3.8, 4) is 22.5 Å². The van der Waals surface area contributed by atoms with Crippen LogP contribution >= 0.6 is 0 Å². The summed E-state index contributed by atoms with van der Waals surface area (Å²) in [6.07, 6.45) is 9.68. The molecular formula is C25H31N7O. The third-order valence-corrected chi connectivity index (χ3v) is 5.87. The van der Waals surface area contributed by atoms with Gasteiger partial charge in [0.05, 0.1) is 6.54 Å². The fourth-order valence-electron chi connectivity index (χ4n) is 3.93. The predicted octanol–water partition coefficient (Wildman–Crippen LogP) is 4.33. The molecule has 0 radical (unpaired) electrons. The maximum absolute atomic E-state index is 13.1. The van der Waals surface area contributed by atoms with Gasteiger partial charge in [-0.2, -0.15) is 5.21 Å². The largest absolute Gasteiger partial charge is 0.328 e. The first-order chi connectivity index (χ1) is 16.1. The van der Waals surface area contributed by atoms with Crippen molar-refractivity contribution in [1.82, 2.24) is 34.7 Å². The van der Waals surface area contributed by atoms with Crippen LogP contribution in [0.15, 0.2) is 53.7 Å². The lowest BCUT2D eigenvalue weighted by Crippen LogP contribution is -2.26. The van der Waals surface area contributed by atoms with Crippen LogP contribution in [0.2, 0.25) is 0 Å². The highest BCUT2D eigenvalue weighted by molar-refractivity contribution is 5.79. The van der Waals surface area contributed by atoms with Crippen molar-refractivity contribution in [2.45, 2.75) is 59.5 Å². The highest BCUT2D eigenvalue weighted by Gasteiger charge is 2.14. The number of hydrogen-bond acceptors (Lipinski definition) is 5. The lowest BCUT2D eigenvalue weighted by molar-refractivity contribution is 0.502. The molecule has 0 saturated carbocycles. The summed E-state index contributed by atoms with van der Waals surface area (Å²) in [6.45, 7) is 7.89. The first-order valence-corrected chi connectivity index (χ1v) is 11.6. The average Bonchev–Trinajstić information content (AvgIpc) is 3.46. The molecule has 0 bridgehead atoms. The summed E-state index contributed by atoms with van der Waals surface area (Å²) in [5.41, 5.74) is 5.10. The van der Waals surface area contributed by atoms with Gasteiger partial charge in [-0.25, -0.2) is 4.79 Å². The molecule has 1 aromatic carbocycles. The van der Waals surface area contributed by atoms with Gasteiger partial charge in [0.25, 0.3) is 0 Å². The minimum Gasteiger partial charge on any atom is -0.299 e. The smallest absolute Gasteiger partial charge is 0.299 e. The van der Waals surface area contributed by atoms with E-state index in [4.69, 9.17) is 0 Å². The third kappa shape index (κ3) is 5.27. The number of H-pyrrole nitrogens is 1. The van der Waals surface area contributed by atoms with Crippen molar-refractivity contribution in [1.29, 1.82) is 0 Å². The van der Waals surface area contributed by atoms with Gasteiger partial charge in [0.1, 0.15) is 0 Å². The molecule has 0 aliphatic heterocycles. The summed E-state index contributed by atoms with van der Waals surface area (Å²) in [6, 6.07) is 10.1. The summed E-state index contributed by atoms with van der Waals surface area (Å²) >= 11 is 0. The second-order valence-corrected chi connectivity index (χ2v) is 8.82. The monoisotopic (exact) mass is 445 g/mol. The van der Waals surface area contributed by atoms with Crippen molar-refractivity contribution in [2.75, 3.05) is 0 Å². The van der Waals surface area contributed by atoms with E-state index in [1.807, 2.05) is 21.4 Å². The molecule has 4 rings (SSSR count). The van der Waals surface area contributed by atoms with Gasteiger partial charge in [-0.3, -0.25) is 14.1 Å². The molecular weight excluding hydrogens is 414 g/mol. The second kappa shape index (κ2) is 10.4. The van der Waals surface area contributed by atoms with Crippen LogP contribution < -0.4 is 5.69 Å². The van der Waals surface area contributed by atoms with Gasteiger partial charge in [0.2, 0.25) is 5.82 Å². The van der Waals surface area contributed by atoms with E-state index in [0.29, 0.717) is 18.3 Å². The number of rotatable bonds is 10. The number of unbranched alkanes of at least 4 members (excludes halogenated alkanes) is 1. The Morgan fingerprint density at radius 1 is 1.09 bits per heavy atom. The van der Waals surface area contributed by atoms with Gasteiger partial charge in [0.15, 0.2) is 0 Å². The highest BCUT2D eigenvalue weighted by Crippen LogP contribution is 2.29. The van der Waals surface area contributed by atoms with Gasteiger partial charge in [-0.15, -0.1) is 10.2 Å². The van der Waals surface area contributed by atoms with Gasteiger partial charge in [0, 0.05) is 42.0 Å². The van der Waals surface area contributed by atoms with Gasteiger partial charge < -0.3 is 0 Å². The standard InChI is InChI=1S/C25H31N7O/c1-4-5-6-21-17-31(14-12-18(2)3)25(33)32(21)16-19-7-9-20(10-8-19)23-15-26-13-11-22(23)24-27-29-30-28-24/h7-11,13,15,17-18H,4-6,12,14,16H2,1-3H3,(H,27,28,29,30). The van der Waals surface area contributed by atoms with Crippen molar-refractivity contribution >= 4 is 0 Å². The van der Waals surface area contributed by atoms with E-state index in [9.17, 15) is 4.79 Å². The van der Waals surface area contributed by atoms with E-state index in [1.165, 1.54) is 0 Å². The zero-order chi connectivity index (χ0) is 23.2. The number of imidazole rings is 1. The number of aromatic nitrogens is 7. The molecule has 3 heterocycles. The number of hydrogen-bond donors (Lipinski definition) is 1. The summed E-state index contributed by atoms with van der Waals surface area (Å²) in [5.74, 6) is 1.10. The number of aromatic amines is 1. The normalized spacial score (nSPS) is 11.4. The van der Waals surface area contributed by atoms with E-state index in [1.54, 1.807) is 6.20 Å². The molecule has 0 spiro atoms. The summed E-state index contributed by atoms with van der Waals surface area (Å²) in [5, 5.41) is 14.4. The molecule has 4 aromatic rings. The zero-order valence-electron chi connectivity index (χ0n) is 19.5. The Kier molecular flexibility index (Phi) is 7.12. The topological polar surface area (TPSA) is 94.3 Å². The number of tetrazole rings is 1. The molecule has 8 nitrogen and oxygen atoms in total. The lowest BCUT2D eigenvalue weighted by Gasteiger charge is -2.10. The minimum absolute atomic E-state index is 0.0810. The zero-order valence-corrected chi connectivity index (χ0v) is 19.5. The van der Waals surface area contributed by atoms with Crippen LogP contribution in [-0.2, 0) is 19.5 Å². The fourth-order valence-corrected chi connectivity index (χ4v) is 3.93. The Morgan fingerprint density at radius 2 is 1.91 bits per heavy atom. The maximum Gasteiger partial charge on any atom is 0.328 e. The van der Waals surface area contributed by atoms with Crippen LogP contribution in [0.25, 0.3) is 22.5 Å². The van der Waals surface area contributed by atoms with Crippen LogP contribution in [0, 0.1) is 5.92 Å². The van der Waals surface area contributed by atoms with E-state index < -0.39 is 0 Å². The highest BCUT2D eigenvalue weighted by atomic mass is 16.1. The molecule has 0 unspecified atom stereocenters. The number of pyridine rings is 1. The third-order valence-electron chi connectivity index (χ3n) is 5.87. The van der Waals surface area contributed by atoms with Crippen LogP contribution in [0.1, 0.15) is 51.3 Å². The van der Waals surface area contributed by atoms with Crippen LogP contribution in [0.4, 0.5) is 0 Å². The average molecular weight is 446 g/mol. The lowest BCUT2D eigenvalue weighted by atomic mass is 10.0. The Balaban J connectivity index is 1.59. The van der Waals surface area contributed by atoms with Gasteiger partial charge >= 0.3 is 5.69 Å². The molecule has 0 aliphatic rings. The van der Waals surface area contributed by atoms with Crippen LogP contribution in [-0.4, -0.2) is 34.7 Å². The van der Waals surface area contributed by atoms with Gasteiger partial charge in [-0.1, -0.05) is 51.5 Å². The summed E-state index contributed by atoms with van der Waals surface area (Å²) < 4.78 is 3.81.